The van der Waals surface area contributed by atoms with Crippen molar-refractivity contribution >= 4 is 23.4 Å². The lowest BCUT2D eigenvalue weighted by atomic mass is 10.1. The molecule has 1 saturated heterocycles. The van der Waals surface area contributed by atoms with Gasteiger partial charge in [0.15, 0.2) is 5.43 Å². The van der Waals surface area contributed by atoms with Crippen LogP contribution in [0, 0.1) is 0 Å². The maximum atomic E-state index is 12.6. The van der Waals surface area contributed by atoms with Crippen molar-refractivity contribution in [2.45, 2.75) is 13.1 Å². The molecule has 0 radical (unpaired) electrons. The van der Waals surface area contributed by atoms with E-state index in [2.05, 4.69) is 40.1 Å². The Bertz CT molecular complexity index is 903. The summed E-state index contributed by atoms with van der Waals surface area (Å²) < 4.78 is 5.63. The molecule has 5 heteroatoms. The molecule has 4 rings (SSSR count). The van der Waals surface area contributed by atoms with Gasteiger partial charge < -0.3 is 4.42 Å². The van der Waals surface area contributed by atoms with E-state index in [1.165, 1.54) is 5.56 Å². The summed E-state index contributed by atoms with van der Waals surface area (Å²) in [5.41, 5.74) is 2.85. The van der Waals surface area contributed by atoms with Gasteiger partial charge in [-0.15, -0.1) is 12.4 Å². The Kier molecular flexibility index (Phi) is 6.09. The maximum absolute atomic E-state index is 12.6. The van der Waals surface area contributed by atoms with Gasteiger partial charge in [0.1, 0.15) is 5.58 Å². The van der Waals surface area contributed by atoms with Crippen LogP contribution in [0.4, 0.5) is 0 Å². The van der Waals surface area contributed by atoms with Gasteiger partial charge in [-0.25, -0.2) is 0 Å². The smallest absolute Gasteiger partial charge is 0.197 e. The molecular weight excluding hydrogens is 348 g/mol. The summed E-state index contributed by atoms with van der Waals surface area (Å²) in [6.45, 7) is 5.64. The second kappa shape index (κ2) is 8.49. The molecule has 1 aliphatic heterocycles. The summed E-state index contributed by atoms with van der Waals surface area (Å²) in [7, 11) is 0. The first kappa shape index (κ1) is 18.6. The van der Waals surface area contributed by atoms with Crippen molar-refractivity contribution in [1.82, 2.24) is 9.80 Å². The molecule has 136 valence electrons. The summed E-state index contributed by atoms with van der Waals surface area (Å²) in [4.78, 5) is 17.4. The Hall–Kier alpha value is -2.14. The van der Waals surface area contributed by atoms with Gasteiger partial charge in [0.25, 0.3) is 0 Å². The SMILES string of the molecule is Cl.O=c1c(CN2CCN(Cc3ccccc3)CC2)coc2ccccc12. The molecule has 1 aliphatic rings. The third-order valence-electron chi connectivity index (χ3n) is 4.86. The first-order chi connectivity index (χ1) is 12.3. The quantitative estimate of drug-likeness (QED) is 0.704. The first-order valence-corrected chi connectivity index (χ1v) is 8.78. The van der Waals surface area contributed by atoms with Gasteiger partial charge in [-0.3, -0.25) is 14.6 Å². The van der Waals surface area contributed by atoms with Crippen LogP contribution in [0.2, 0.25) is 0 Å². The molecule has 4 nitrogen and oxygen atoms in total. The van der Waals surface area contributed by atoms with Gasteiger partial charge in [-0.1, -0.05) is 42.5 Å². The van der Waals surface area contributed by atoms with E-state index in [9.17, 15) is 4.79 Å². The molecule has 1 fully saturated rings. The van der Waals surface area contributed by atoms with E-state index >= 15 is 0 Å². The molecule has 26 heavy (non-hydrogen) atoms. The zero-order chi connectivity index (χ0) is 17.1. The average molecular weight is 371 g/mol. The molecule has 0 N–H and O–H groups in total. The van der Waals surface area contributed by atoms with E-state index in [0.717, 1.165) is 38.3 Å². The Balaban J connectivity index is 0.00000196. The largest absolute Gasteiger partial charge is 0.464 e. The van der Waals surface area contributed by atoms with E-state index < -0.39 is 0 Å². The first-order valence-electron chi connectivity index (χ1n) is 8.78. The lowest BCUT2D eigenvalue weighted by molar-refractivity contribution is 0.121. The molecule has 0 spiro atoms. The normalized spacial score (nSPS) is 15.7. The minimum absolute atomic E-state index is 0. The highest BCUT2D eigenvalue weighted by Gasteiger charge is 2.18. The van der Waals surface area contributed by atoms with E-state index in [1.807, 2.05) is 24.3 Å². The van der Waals surface area contributed by atoms with Crippen LogP contribution in [-0.2, 0) is 13.1 Å². The van der Waals surface area contributed by atoms with Crippen molar-refractivity contribution in [1.29, 1.82) is 0 Å². The average Bonchev–Trinajstić information content (AvgIpc) is 2.67. The number of halogens is 1. The second-order valence-corrected chi connectivity index (χ2v) is 6.62. The number of rotatable bonds is 4. The summed E-state index contributed by atoms with van der Waals surface area (Å²) >= 11 is 0. The molecule has 1 aromatic heterocycles. The van der Waals surface area contributed by atoms with E-state index in [4.69, 9.17) is 4.42 Å². The van der Waals surface area contributed by atoms with E-state index in [0.29, 0.717) is 17.5 Å². The Morgan fingerprint density at radius 3 is 2.15 bits per heavy atom. The predicted molar refractivity (Wildman–Crippen MR) is 107 cm³/mol. The van der Waals surface area contributed by atoms with Gasteiger partial charge in [-0.05, 0) is 17.7 Å². The molecular formula is C21H23ClN2O2. The Morgan fingerprint density at radius 2 is 1.42 bits per heavy atom. The molecule has 0 saturated carbocycles. The van der Waals surface area contributed by atoms with Crippen LogP contribution in [0.1, 0.15) is 11.1 Å². The van der Waals surface area contributed by atoms with Crippen LogP contribution >= 0.6 is 12.4 Å². The highest BCUT2D eigenvalue weighted by molar-refractivity contribution is 5.85. The van der Waals surface area contributed by atoms with Gasteiger partial charge >= 0.3 is 0 Å². The van der Waals surface area contributed by atoms with Crippen molar-refractivity contribution < 1.29 is 4.42 Å². The van der Waals surface area contributed by atoms with Crippen LogP contribution in [0.25, 0.3) is 11.0 Å². The molecule has 2 aromatic carbocycles. The number of nitrogens with zero attached hydrogens (tertiary/aromatic N) is 2. The number of benzene rings is 2. The highest BCUT2D eigenvalue weighted by atomic mass is 35.5. The van der Waals surface area contributed by atoms with Crippen molar-refractivity contribution in [3.8, 4) is 0 Å². The van der Waals surface area contributed by atoms with Crippen LogP contribution < -0.4 is 5.43 Å². The van der Waals surface area contributed by atoms with Gasteiger partial charge in [-0.2, -0.15) is 0 Å². The molecule has 0 bridgehead atoms. The highest BCUT2D eigenvalue weighted by Crippen LogP contribution is 2.13. The van der Waals surface area contributed by atoms with Crippen LogP contribution in [0.3, 0.4) is 0 Å². The molecule has 2 heterocycles. The number of fused-ring (bicyclic) bond motifs is 1. The fraction of sp³-hybridized carbons (Fsp3) is 0.286. The van der Waals surface area contributed by atoms with Gasteiger partial charge in [0, 0.05) is 44.8 Å². The summed E-state index contributed by atoms with van der Waals surface area (Å²) in [6, 6.07) is 18.0. The van der Waals surface area contributed by atoms with Crippen LogP contribution in [-0.4, -0.2) is 36.0 Å². The monoisotopic (exact) mass is 370 g/mol. The number of piperazine rings is 1. The minimum atomic E-state index is 0. The van der Waals surface area contributed by atoms with Gasteiger partial charge in [0.05, 0.1) is 11.6 Å². The Morgan fingerprint density at radius 1 is 0.808 bits per heavy atom. The third kappa shape index (κ3) is 4.15. The summed E-state index contributed by atoms with van der Waals surface area (Å²) in [5.74, 6) is 0. The molecule has 0 unspecified atom stereocenters. The van der Waals surface area contributed by atoms with Crippen molar-refractivity contribution in [2.75, 3.05) is 26.2 Å². The summed E-state index contributed by atoms with van der Waals surface area (Å²) in [5, 5.41) is 0.669. The number of hydrogen-bond donors (Lipinski definition) is 0. The van der Waals surface area contributed by atoms with E-state index in [1.54, 1.807) is 6.26 Å². The molecule has 0 amide bonds. The topological polar surface area (TPSA) is 36.7 Å². The fourth-order valence-corrected chi connectivity index (χ4v) is 3.42. The van der Waals surface area contributed by atoms with Crippen molar-refractivity contribution in [3.63, 3.8) is 0 Å². The number of hydrogen-bond acceptors (Lipinski definition) is 4. The number of para-hydroxylation sites is 1. The predicted octanol–water partition coefficient (Wildman–Crippen LogP) is 3.53. The fourth-order valence-electron chi connectivity index (χ4n) is 3.42. The molecule has 0 aliphatic carbocycles. The lowest BCUT2D eigenvalue weighted by Crippen LogP contribution is -2.45. The van der Waals surface area contributed by atoms with Crippen molar-refractivity contribution in [2.24, 2.45) is 0 Å². The Labute approximate surface area is 159 Å². The van der Waals surface area contributed by atoms with E-state index in [-0.39, 0.29) is 17.8 Å². The zero-order valence-electron chi connectivity index (χ0n) is 14.6. The van der Waals surface area contributed by atoms with Crippen LogP contribution in [0.15, 0.2) is 70.1 Å². The van der Waals surface area contributed by atoms with Crippen LogP contribution in [0.5, 0.6) is 0 Å². The summed E-state index contributed by atoms with van der Waals surface area (Å²) in [6.07, 6.45) is 1.63. The third-order valence-corrected chi connectivity index (χ3v) is 4.86. The lowest BCUT2D eigenvalue weighted by Gasteiger charge is -2.34. The standard InChI is InChI=1S/C21H22N2O2.ClH/c24-21-18(16-25-20-9-5-4-8-19(20)21)15-23-12-10-22(11-13-23)14-17-6-2-1-3-7-17;/h1-9,16H,10-15H2;1H. The molecule has 3 aromatic rings. The maximum Gasteiger partial charge on any atom is 0.197 e. The van der Waals surface area contributed by atoms with Gasteiger partial charge in [0.2, 0.25) is 0 Å². The second-order valence-electron chi connectivity index (χ2n) is 6.62. The van der Waals surface area contributed by atoms with Crippen molar-refractivity contribution in [3.05, 3.63) is 82.2 Å². The molecule has 0 atom stereocenters. The minimum Gasteiger partial charge on any atom is -0.464 e. The zero-order valence-corrected chi connectivity index (χ0v) is 15.5.